The molecule has 4 nitrogen and oxygen atoms in total. The van der Waals surface area contributed by atoms with Gasteiger partial charge >= 0.3 is 0 Å². The van der Waals surface area contributed by atoms with Gasteiger partial charge in [-0.25, -0.2) is 4.98 Å². The summed E-state index contributed by atoms with van der Waals surface area (Å²) >= 11 is 3.48. The quantitative estimate of drug-likeness (QED) is 0.935. The molecular weight excluding hydrogens is 268 g/mol. The summed E-state index contributed by atoms with van der Waals surface area (Å²) in [7, 11) is 3.94. The minimum atomic E-state index is 0.787. The van der Waals surface area contributed by atoms with Crippen molar-refractivity contribution in [3.05, 3.63) is 34.8 Å². The van der Waals surface area contributed by atoms with Gasteiger partial charge in [-0.05, 0) is 35.1 Å². The van der Waals surface area contributed by atoms with Crippen molar-refractivity contribution < 1.29 is 0 Å². The Labute approximate surface area is 103 Å². The Morgan fingerprint density at radius 1 is 1.38 bits per heavy atom. The van der Waals surface area contributed by atoms with E-state index in [0.717, 1.165) is 28.2 Å². The molecule has 0 aliphatic heterocycles. The summed E-state index contributed by atoms with van der Waals surface area (Å²) < 4.78 is 2.96. The number of nitrogens with zero attached hydrogens (tertiary/aromatic N) is 3. The van der Waals surface area contributed by atoms with E-state index in [0.29, 0.717) is 0 Å². The molecule has 1 N–H and O–H groups in total. The molecule has 0 saturated heterocycles. The van der Waals surface area contributed by atoms with Crippen molar-refractivity contribution in [2.45, 2.75) is 6.54 Å². The normalized spacial score (nSPS) is 10.7. The summed E-state index contributed by atoms with van der Waals surface area (Å²) in [6.45, 7) is 0.787. The zero-order valence-corrected chi connectivity index (χ0v) is 10.8. The van der Waals surface area contributed by atoms with Gasteiger partial charge < -0.3 is 9.88 Å². The van der Waals surface area contributed by atoms with Crippen LogP contribution < -0.4 is 5.32 Å². The number of aromatic nitrogens is 3. The maximum absolute atomic E-state index is 4.51. The molecule has 0 aliphatic carbocycles. The predicted octanol–water partition coefficient (Wildman–Crippen LogP) is 1.96. The zero-order chi connectivity index (χ0) is 11.5. The third-order valence-corrected chi connectivity index (χ3v) is 3.08. The number of rotatable bonds is 3. The molecule has 2 heterocycles. The monoisotopic (exact) mass is 280 g/mol. The first-order valence-corrected chi connectivity index (χ1v) is 5.79. The van der Waals surface area contributed by atoms with E-state index in [1.807, 2.05) is 26.2 Å². The Balaban J connectivity index is 2.47. The summed E-state index contributed by atoms with van der Waals surface area (Å²) in [5.41, 5.74) is 2.20. The molecule has 84 valence electrons. The first kappa shape index (κ1) is 11.3. The van der Waals surface area contributed by atoms with E-state index in [9.17, 15) is 0 Å². The van der Waals surface area contributed by atoms with Crippen LogP contribution in [0.15, 0.2) is 29.1 Å². The Bertz CT molecular complexity index is 478. The minimum Gasteiger partial charge on any atom is -0.329 e. The maximum atomic E-state index is 4.51. The fourth-order valence-electron chi connectivity index (χ4n) is 1.62. The summed E-state index contributed by atoms with van der Waals surface area (Å²) in [6.07, 6.45) is 3.55. The molecule has 2 aromatic heterocycles. The van der Waals surface area contributed by atoms with E-state index >= 15 is 0 Å². The highest BCUT2D eigenvalue weighted by Crippen LogP contribution is 2.24. The van der Waals surface area contributed by atoms with Crippen LogP contribution in [0.5, 0.6) is 0 Å². The lowest BCUT2D eigenvalue weighted by Gasteiger charge is -2.05. The van der Waals surface area contributed by atoms with Gasteiger partial charge in [-0.15, -0.1) is 0 Å². The summed E-state index contributed by atoms with van der Waals surface area (Å²) in [4.78, 5) is 8.52. The molecule has 0 aromatic carbocycles. The number of nitrogens with one attached hydrogen (secondary N) is 1. The van der Waals surface area contributed by atoms with E-state index in [1.165, 1.54) is 0 Å². The molecule has 0 atom stereocenters. The molecule has 0 radical (unpaired) electrons. The highest BCUT2D eigenvalue weighted by Gasteiger charge is 2.12. The van der Waals surface area contributed by atoms with Gasteiger partial charge in [-0.1, -0.05) is 0 Å². The lowest BCUT2D eigenvalue weighted by Crippen LogP contribution is -2.10. The first-order valence-electron chi connectivity index (χ1n) is 5.00. The highest BCUT2D eigenvalue weighted by atomic mass is 79.9. The fraction of sp³-hybridized carbons (Fsp3) is 0.273. The van der Waals surface area contributed by atoms with Gasteiger partial charge in [0.15, 0.2) is 0 Å². The molecule has 2 rings (SSSR count). The Hall–Kier alpha value is -1.20. The standard InChI is InChI=1S/C11H13BrN4/c1-13-7-9-10(12)15-11(16(9)2)8-3-5-14-6-4-8/h3-6,13H,7H2,1-2H3. The minimum absolute atomic E-state index is 0.787. The molecule has 5 heteroatoms. The average molecular weight is 281 g/mol. The molecule has 0 aliphatic rings. The molecule has 0 saturated carbocycles. The van der Waals surface area contributed by atoms with Gasteiger partial charge in [0, 0.05) is 31.5 Å². The van der Waals surface area contributed by atoms with Gasteiger partial charge in [-0.2, -0.15) is 0 Å². The molecule has 0 amide bonds. The van der Waals surface area contributed by atoms with Crippen LogP contribution in [0.25, 0.3) is 11.4 Å². The maximum Gasteiger partial charge on any atom is 0.141 e. The SMILES string of the molecule is CNCc1c(Br)nc(-c2ccncc2)n1C. The van der Waals surface area contributed by atoms with E-state index in [2.05, 4.69) is 35.8 Å². The van der Waals surface area contributed by atoms with Gasteiger partial charge in [0.25, 0.3) is 0 Å². The van der Waals surface area contributed by atoms with Crippen LogP contribution in [0, 0.1) is 0 Å². The first-order chi connectivity index (χ1) is 7.74. The summed E-state index contributed by atoms with van der Waals surface area (Å²) in [6, 6.07) is 3.91. The van der Waals surface area contributed by atoms with Crippen molar-refractivity contribution in [2.24, 2.45) is 7.05 Å². The van der Waals surface area contributed by atoms with E-state index < -0.39 is 0 Å². The van der Waals surface area contributed by atoms with Crippen LogP contribution in [0.3, 0.4) is 0 Å². The predicted molar refractivity (Wildman–Crippen MR) is 66.9 cm³/mol. The van der Waals surface area contributed by atoms with Crippen molar-refractivity contribution in [1.82, 2.24) is 19.9 Å². The van der Waals surface area contributed by atoms with Gasteiger partial charge in [0.2, 0.25) is 0 Å². The molecule has 2 aromatic rings. The number of hydrogen-bond donors (Lipinski definition) is 1. The van der Waals surface area contributed by atoms with Crippen LogP contribution in [0.2, 0.25) is 0 Å². The smallest absolute Gasteiger partial charge is 0.141 e. The lowest BCUT2D eigenvalue weighted by molar-refractivity contribution is 0.734. The third kappa shape index (κ3) is 2.01. The Morgan fingerprint density at radius 2 is 2.06 bits per heavy atom. The van der Waals surface area contributed by atoms with Crippen LogP contribution in [0.1, 0.15) is 5.69 Å². The van der Waals surface area contributed by atoms with Gasteiger partial charge in [-0.3, -0.25) is 4.98 Å². The number of imidazole rings is 1. The van der Waals surface area contributed by atoms with E-state index in [-0.39, 0.29) is 0 Å². The van der Waals surface area contributed by atoms with Crippen LogP contribution >= 0.6 is 15.9 Å². The second kappa shape index (κ2) is 4.76. The van der Waals surface area contributed by atoms with Crippen molar-refractivity contribution >= 4 is 15.9 Å². The van der Waals surface area contributed by atoms with Crippen molar-refractivity contribution in [3.63, 3.8) is 0 Å². The van der Waals surface area contributed by atoms with Crippen molar-refractivity contribution in [1.29, 1.82) is 0 Å². The van der Waals surface area contributed by atoms with Crippen molar-refractivity contribution in [2.75, 3.05) is 7.05 Å². The summed E-state index contributed by atoms with van der Waals surface area (Å²) in [5, 5.41) is 3.13. The van der Waals surface area contributed by atoms with Gasteiger partial charge in [0.1, 0.15) is 10.4 Å². The molecular formula is C11H13BrN4. The lowest BCUT2D eigenvalue weighted by atomic mass is 10.2. The molecule has 16 heavy (non-hydrogen) atoms. The average Bonchev–Trinajstić information content (AvgIpc) is 2.59. The third-order valence-electron chi connectivity index (χ3n) is 2.45. The molecule has 0 unspecified atom stereocenters. The topological polar surface area (TPSA) is 42.7 Å². The number of hydrogen-bond acceptors (Lipinski definition) is 3. The largest absolute Gasteiger partial charge is 0.329 e. The second-order valence-corrected chi connectivity index (χ2v) is 4.25. The van der Waals surface area contributed by atoms with Crippen LogP contribution in [0.4, 0.5) is 0 Å². The molecule has 0 bridgehead atoms. The van der Waals surface area contributed by atoms with E-state index in [4.69, 9.17) is 0 Å². The highest BCUT2D eigenvalue weighted by molar-refractivity contribution is 9.10. The Morgan fingerprint density at radius 3 is 2.69 bits per heavy atom. The Kier molecular flexibility index (Phi) is 3.36. The second-order valence-electron chi connectivity index (χ2n) is 3.50. The van der Waals surface area contributed by atoms with Crippen LogP contribution in [-0.2, 0) is 13.6 Å². The van der Waals surface area contributed by atoms with Gasteiger partial charge in [0.05, 0.1) is 5.69 Å². The zero-order valence-electron chi connectivity index (χ0n) is 9.24. The van der Waals surface area contributed by atoms with E-state index in [1.54, 1.807) is 12.4 Å². The molecule has 0 fully saturated rings. The van der Waals surface area contributed by atoms with Crippen LogP contribution in [-0.4, -0.2) is 21.6 Å². The number of pyridine rings is 1. The summed E-state index contributed by atoms with van der Waals surface area (Å²) in [5.74, 6) is 0.944. The molecule has 0 spiro atoms. The number of halogens is 1. The van der Waals surface area contributed by atoms with Crippen molar-refractivity contribution in [3.8, 4) is 11.4 Å². The fourth-order valence-corrected chi connectivity index (χ4v) is 2.19.